The van der Waals surface area contributed by atoms with Gasteiger partial charge in [-0.2, -0.15) is 0 Å². The molecule has 0 aliphatic heterocycles. The smallest absolute Gasteiger partial charge is 0.335 e. The van der Waals surface area contributed by atoms with E-state index in [1.807, 2.05) is 42.5 Å². The van der Waals surface area contributed by atoms with Gasteiger partial charge in [-0.05, 0) is 47.5 Å². The molecule has 0 aliphatic rings. The van der Waals surface area contributed by atoms with E-state index in [0.717, 1.165) is 11.1 Å². The van der Waals surface area contributed by atoms with Crippen LogP contribution in [0.3, 0.4) is 0 Å². The second kappa shape index (κ2) is 6.14. The van der Waals surface area contributed by atoms with Gasteiger partial charge in [0.2, 0.25) is 0 Å². The van der Waals surface area contributed by atoms with Crippen LogP contribution in [0.1, 0.15) is 10.4 Å². The van der Waals surface area contributed by atoms with Crippen LogP contribution in [0.5, 0.6) is 11.5 Å². The largest absolute Gasteiger partial charge is 0.478 e. The number of hydrogen-bond acceptors (Lipinski definition) is 2. The Morgan fingerprint density at radius 2 is 1.18 bits per heavy atom. The highest BCUT2D eigenvalue weighted by Crippen LogP contribution is 2.25. The lowest BCUT2D eigenvalue weighted by atomic mass is 10.1. The van der Waals surface area contributed by atoms with E-state index in [1.54, 1.807) is 12.1 Å². The molecule has 3 aromatic rings. The van der Waals surface area contributed by atoms with Crippen LogP contribution < -0.4 is 4.74 Å². The Bertz CT molecular complexity index is 760. The van der Waals surface area contributed by atoms with E-state index in [9.17, 15) is 4.79 Å². The van der Waals surface area contributed by atoms with Gasteiger partial charge in [0, 0.05) is 0 Å². The first-order valence-corrected chi connectivity index (χ1v) is 6.89. The molecule has 0 radical (unpaired) electrons. The molecule has 0 bridgehead atoms. The van der Waals surface area contributed by atoms with E-state index in [4.69, 9.17) is 9.84 Å². The van der Waals surface area contributed by atoms with E-state index in [0.29, 0.717) is 11.5 Å². The monoisotopic (exact) mass is 290 g/mol. The third kappa shape index (κ3) is 3.15. The summed E-state index contributed by atoms with van der Waals surface area (Å²) in [4.78, 5) is 10.8. The molecule has 22 heavy (non-hydrogen) atoms. The van der Waals surface area contributed by atoms with Crippen LogP contribution in [-0.2, 0) is 0 Å². The van der Waals surface area contributed by atoms with Gasteiger partial charge in [-0.3, -0.25) is 0 Å². The van der Waals surface area contributed by atoms with E-state index in [2.05, 4.69) is 12.1 Å². The summed E-state index contributed by atoms with van der Waals surface area (Å²) in [5.41, 5.74) is 2.51. The maximum Gasteiger partial charge on any atom is 0.335 e. The molecule has 0 fully saturated rings. The number of ether oxygens (including phenoxy) is 1. The molecule has 0 amide bonds. The lowest BCUT2D eigenvalue weighted by Gasteiger charge is -2.07. The molecule has 0 saturated heterocycles. The number of carbonyl (C=O) groups is 1. The van der Waals surface area contributed by atoms with Gasteiger partial charge in [-0.1, -0.05) is 42.5 Å². The van der Waals surface area contributed by atoms with E-state index < -0.39 is 5.97 Å². The minimum Gasteiger partial charge on any atom is -0.478 e. The van der Waals surface area contributed by atoms with Crippen molar-refractivity contribution in [1.29, 1.82) is 0 Å². The average Bonchev–Trinajstić information content (AvgIpc) is 2.57. The third-order valence-corrected chi connectivity index (χ3v) is 3.30. The van der Waals surface area contributed by atoms with E-state index in [-0.39, 0.29) is 5.56 Å². The van der Waals surface area contributed by atoms with Crippen molar-refractivity contribution in [3.63, 3.8) is 0 Å². The topological polar surface area (TPSA) is 46.5 Å². The molecule has 3 aromatic carbocycles. The molecule has 3 rings (SSSR count). The Labute approximate surface area is 128 Å². The molecule has 3 heteroatoms. The maximum absolute atomic E-state index is 10.8. The molecule has 0 saturated carbocycles. The molecule has 0 atom stereocenters. The number of aromatic carboxylic acids is 1. The van der Waals surface area contributed by atoms with Crippen LogP contribution >= 0.6 is 0 Å². The van der Waals surface area contributed by atoms with Crippen molar-refractivity contribution < 1.29 is 14.6 Å². The number of hydrogen-bond donors (Lipinski definition) is 1. The van der Waals surface area contributed by atoms with Crippen LogP contribution in [0.2, 0.25) is 0 Å². The van der Waals surface area contributed by atoms with Crippen LogP contribution in [0, 0.1) is 0 Å². The van der Waals surface area contributed by atoms with Gasteiger partial charge >= 0.3 is 5.97 Å². The third-order valence-electron chi connectivity index (χ3n) is 3.30. The lowest BCUT2D eigenvalue weighted by Crippen LogP contribution is -1.95. The van der Waals surface area contributed by atoms with Crippen molar-refractivity contribution in [2.45, 2.75) is 0 Å². The quantitative estimate of drug-likeness (QED) is 0.747. The van der Waals surface area contributed by atoms with Gasteiger partial charge in [0.1, 0.15) is 11.5 Å². The number of rotatable bonds is 4. The van der Waals surface area contributed by atoms with Crippen LogP contribution in [-0.4, -0.2) is 11.1 Å². The molecule has 3 nitrogen and oxygen atoms in total. The van der Waals surface area contributed by atoms with Gasteiger partial charge in [-0.25, -0.2) is 4.79 Å². The van der Waals surface area contributed by atoms with Gasteiger partial charge in [0.15, 0.2) is 0 Å². The van der Waals surface area contributed by atoms with Gasteiger partial charge < -0.3 is 9.84 Å². The highest BCUT2D eigenvalue weighted by atomic mass is 16.5. The Morgan fingerprint density at radius 3 is 1.73 bits per heavy atom. The second-order valence-corrected chi connectivity index (χ2v) is 4.82. The summed E-state index contributed by atoms with van der Waals surface area (Å²) < 4.78 is 5.71. The normalized spacial score (nSPS) is 10.2. The Balaban J connectivity index is 1.75. The van der Waals surface area contributed by atoms with Gasteiger partial charge in [-0.15, -0.1) is 0 Å². The fourth-order valence-electron chi connectivity index (χ4n) is 2.15. The number of benzene rings is 3. The predicted molar refractivity (Wildman–Crippen MR) is 85.4 cm³/mol. The van der Waals surface area contributed by atoms with Crippen molar-refractivity contribution in [3.8, 4) is 22.6 Å². The SMILES string of the molecule is O=C(O)c1ccc(Oc2ccc(-c3ccccc3)cc2)cc1. The molecule has 0 aliphatic carbocycles. The zero-order valence-corrected chi connectivity index (χ0v) is 11.8. The van der Waals surface area contributed by atoms with E-state index in [1.165, 1.54) is 12.1 Å². The summed E-state index contributed by atoms with van der Waals surface area (Å²) in [5.74, 6) is 0.374. The second-order valence-electron chi connectivity index (χ2n) is 4.82. The highest BCUT2D eigenvalue weighted by molar-refractivity contribution is 5.87. The molecule has 108 valence electrons. The summed E-state index contributed by atoms with van der Waals surface area (Å²) in [6.45, 7) is 0. The fraction of sp³-hybridized carbons (Fsp3) is 0. The molecule has 0 unspecified atom stereocenters. The van der Waals surface area contributed by atoms with Crippen LogP contribution in [0.15, 0.2) is 78.9 Å². The van der Waals surface area contributed by atoms with Crippen molar-refractivity contribution in [1.82, 2.24) is 0 Å². The van der Waals surface area contributed by atoms with Crippen LogP contribution in [0.25, 0.3) is 11.1 Å². The lowest BCUT2D eigenvalue weighted by molar-refractivity contribution is 0.0697. The van der Waals surface area contributed by atoms with Gasteiger partial charge in [0.05, 0.1) is 5.56 Å². The summed E-state index contributed by atoms with van der Waals surface area (Å²) >= 11 is 0. The number of carboxylic acid groups (broad SMARTS) is 1. The minimum absolute atomic E-state index is 0.242. The molecular weight excluding hydrogens is 276 g/mol. The zero-order valence-electron chi connectivity index (χ0n) is 11.8. The Kier molecular flexibility index (Phi) is 3.88. The average molecular weight is 290 g/mol. The zero-order chi connectivity index (χ0) is 15.4. The standard InChI is InChI=1S/C19H14O3/c20-19(21)16-8-12-18(13-9-16)22-17-10-6-15(7-11-17)14-4-2-1-3-5-14/h1-13H,(H,20,21). The molecule has 0 spiro atoms. The minimum atomic E-state index is -0.946. The Hall–Kier alpha value is -3.07. The summed E-state index contributed by atoms with van der Waals surface area (Å²) in [6, 6.07) is 24.2. The first-order valence-electron chi connectivity index (χ1n) is 6.89. The van der Waals surface area contributed by atoms with Crippen molar-refractivity contribution in [2.24, 2.45) is 0 Å². The van der Waals surface area contributed by atoms with Crippen molar-refractivity contribution in [3.05, 3.63) is 84.4 Å². The Morgan fingerprint density at radius 1 is 0.682 bits per heavy atom. The van der Waals surface area contributed by atoms with Crippen molar-refractivity contribution in [2.75, 3.05) is 0 Å². The molecule has 0 aromatic heterocycles. The molecule has 0 heterocycles. The van der Waals surface area contributed by atoms with Crippen LogP contribution in [0.4, 0.5) is 0 Å². The number of carboxylic acids is 1. The summed E-state index contributed by atoms with van der Waals surface area (Å²) in [6.07, 6.45) is 0. The van der Waals surface area contributed by atoms with Crippen molar-refractivity contribution >= 4 is 5.97 Å². The van der Waals surface area contributed by atoms with Gasteiger partial charge in [0.25, 0.3) is 0 Å². The fourth-order valence-corrected chi connectivity index (χ4v) is 2.15. The molecular formula is C19H14O3. The summed E-state index contributed by atoms with van der Waals surface area (Å²) in [5, 5.41) is 8.86. The highest BCUT2D eigenvalue weighted by Gasteiger charge is 2.03. The maximum atomic E-state index is 10.8. The predicted octanol–water partition coefficient (Wildman–Crippen LogP) is 4.84. The molecule has 1 N–H and O–H groups in total. The summed E-state index contributed by atoms with van der Waals surface area (Å²) in [7, 11) is 0. The first kappa shape index (κ1) is 13.9. The van der Waals surface area contributed by atoms with E-state index >= 15 is 0 Å². The first-order chi connectivity index (χ1) is 10.7.